The molecule has 2 rings (SSSR count). The molecule has 0 bridgehead atoms. The largest absolute Gasteiger partial charge is 0.314 e. The van der Waals surface area contributed by atoms with Crippen molar-refractivity contribution < 1.29 is 0 Å². The van der Waals surface area contributed by atoms with Gasteiger partial charge in [-0.15, -0.1) is 0 Å². The fraction of sp³-hybridized carbons (Fsp3) is 0.750. The van der Waals surface area contributed by atoms with Crippen molar-refractivity contribution in [1.82, 2.24) is 15.1 Å². The van der Waals surface area contributed by atoms with Crippen molar-refractivity contribution >= 4 is 11.8 Å². The van der Waals surface area contributed by atoms with Crippen molar-refractivity contribution in [2.24, 2.45) is 7.05 Å². The van der Waals surface area contributed by atoms with Crippen LogP contribution in [0.5, 0.6) is 0 Å². The van der Waals surface area contributed by atoms with Crippen LogP contribution in [0.1, 0.15) is 24.8 Å². The number of hydrogen-bond donors (Lipinski definition) is 1. The van der Waals surface area contributed by atoms with Crippen LogP contribution in [0.15, 0.2) is 12.4 Å². The molecule has 16 heavy (non-hydrogen) atoms. The van der Waals surface area contributed by atoms with Gasteiger partial charge in [-0.1, -0.05) is 0 Å². The average Bonchev–Trinajstić information content (AvgIpc) is 2.88. The van der Waals surface area contributed by atoms with E-state index in [0.717, 1.165) is 24.3 Å². The Morgan fingerprint density at radius 2 is 2.44 bits per heavy atom. The first kappa shape index (κ1) is 12.0. The summed E-state index contributed by atoms with van der Waals surface area (Å²) in [6.45, 7) is 1.08. The van der Waals surface area contributed by atoms with Crippen molar-refractivity contribution in [3.63, 3.8) is 0 Å². The van der Waals surface area contributed by atoms with E-state index in [1.807, 2.05) is 29.7 Å². The lowest BCUT2D eigenvalue weighted by atomic mass is 10.2. The molecule has 4 heteroatoms. The number of hydrogen-bond acceptors (Lipinski definition) is 3. The zero-order valence-electron chi connectivity index (χ0n) is 10.1. The molecule has 1 heterocycles. The van der Waals surface area contributed by atoms with Crippen LogP contribution >= 0.6 is 11.8 Å². The number of nitrogens with zero attached hydrogens (tertiary/aromatic N) is 2. The molecule has 1 aromatic heterocycles. The summed E-state index contributed by atoms with van der Waals surface area (Å²) in [5.74, 6) is 0. The molecule has 1 fully saturated rings. The molecule has 90 valence electrons. The lowest BCUT2D eigenvalue weighted by Gasteiger charge is -2.11. The average molecular weight is 239 g/mol. The van der Waals surface area contributed by atoms with Gasteiger partial charge >= 0.3 is 0 Å². The predicted molar refractivity (Wildman–Crippen MR) is 69.9 cm³/mol. The van der Waals surface area contributed by atoms with Crippen LogP contribution in [-0.2, 0) is 13.5 Å². The van der Waals surface area contributed by atoms with E-state index in [1.54, 1.807) is 0 Å². The lowest BCUT2D eigenvalue weighted by molar-refractivity contribution is 0.528. The lowest BCUT2D eigenvalue weighted by Crippen LogP contribution is -2.28. The summed E-state index contributed by atoms with van der Waals surface area (Å²) in [6.07, 6.45) is 11.4. The predicted octanol–water partition coefficient (Wildman–Crippen LogP) is 1.84. The Balaban J connectivity index is 1.65. The fourth-order valence-electron chi connectivity index (χ4n) is 2.36. The summed E-state index contributed by atoms with van der Waals surface area (Å²) in [6, 6.07) is 0.745. The van der Waals surface area contributed by atoms with Gasteiger partial charge in [0.1, 0.15) is 0 Å². The zero-order chi connectivity index (χ0) is 11.4. The van der Waals surface area contributed by atoms with E-state index < -0.39 is 0 Å². The molecule has 1 aromatic rings. The van der Waals surface area contributed by atoms with Gasteiger partial charge in [-0.3, -0.25) is 4.68 Å². The second kappa shape index (κ2) is 5.73. The molecule has 0 saturated heterocycles. The molecule has 1 aliphatic rings. The van der Waals surface area contributed by atoms with Crippen molar-refractivity contribution in [3.8, 4) is 0 Å². The van der Waals surface area contributed by atoms with Crippen LogP contribution in [0.3, 0.4) is 0 Å². The Hall–Kier alpha value is -0.480. The maximum Gasteiger partial charge on any atom is 0.0522 e. The molecular formula is C12H21N3S. The molecule has 2 unspecified atom stereocenters. The van der Waals surface area contributed by atoms with Crippen LogP contribution in [0.2, 0.25) is 0 Å². The highest BCUT2D eigenvalue weighted by molar-refractivity contribution is 7.99. The van der Waals surface area contributed by atoms with Crippen LogP contribution < -0.4 is 5.32 Å². The zero-order valence-corrected chi connectivity index (χ0v) is 11.0. The summed E-state index contributed by atoms with van der Waals surface area (Å²) >= 11 is 2.02. The van der Waals surface area contributed by atoms with E-state index in [1.165, 1.54) is 24.8 Å². The number of rotatable bonds is 5. The first-order valence-electron chi connectivity index (χ1n) is 6.01. The van der Waals surface area contributed by atoms with Crippen LogP contribution in [-0.4, -0.2) is 33.9 Å². The standard InChI is InChI=1S/C12H21N3S/c1-15-9-10(8-14-15)5-6-13-11-3-4-12(7-11)16-2/h8-9,11-13H,3-7H2,1-2H3. The normalized spacial score (nSPS) is 25.1. The molecule has 3 nitrogen and oxygen atoms in total. The molecule has 0 spiro atoms. The monoisotopic (exact) mass is 239 g/mol. The van der Waals surface area contributed by atoms with Crippen LogP contribution in [0, 0.1) is 0 Å². The molecule has 1 saturated carbocycles. The first-order valence-corrected chi connectivity index (χ1v) is 7.30. The molecule has 1 N–H and O–H groups in total. The molecule has 0 aliphatic heterocycles. The Morgan fingerprint density at radius 3 is 3.06 bits per heavy atom. The highest BCUT2D eigenvalue weighted by Crippen LogP contribution is 2.27. The number of nitrogens with one attached hydrogen (secondary N) is 1. The van der Waals surface area contributed by atoms with Crippen molar-refractivity contribution in [1.29, 1.82) is 0 Å². The Morgan fingerprint density at radius 1 is 1.56 bits per heavy atom. The highest BCUT2D eigenvalue weighted by atomic mass is 32.2. The van der Waals surface area contributed by atoms with E-state index in [9.17, 15) is 0 Å². The summed E-state index contributed by atoms with van der Waals surface area (Å²) < 4.78 is 1.87. The van der Waals surface area contributed by atoms with Gasteiger partial charge in [-0.25, -0.2) is 0 Å². The summed E-state index contributed by atoms with van der Waals surface area (Å²) in [5.41, 5.74) is 1.33. The molecule has 0 aromatic carbocycles. The van der Waals surface area contributed by atoms with Crippen molar-refractivity contribution in [3.05, 3.63) is 18.0 Å². The maximum absolute atomic E-state index is 4.18. The van der Waals surface area contributed by atoms with Gasteiger partial charge in [0.05, 0.1) is 6.20 Å². The van der Waals surface area contributed by atoms with Gasteiger partial charge in [0.25, 0.3) is 0 Å². The van der Waals surface area contributed by atoms with E-state index >= 15 is 0 Å². The Bertz CT molecular complexity index is 324. The van der Waals surface area contributed by atoms with Gasteiger partial charge in [0, 0.05) is 24.5 Å². The van der Waals surface area contributed by atoms with E-state index in [0.29, 0.717) is 0 Å². The second-order valence-electron chi connectivity index (χ2n) is 4.59. The minimum Gasteiger partial charge on any atom is -0.314 e. The summed E-state index contributed by atoms with van der Waals surface area (Å²) in [4.78, 5) is 0. The number of thioether (sulfide) groups is 1. The van der Waals surface area contributed by atoms with Gasteiger partial charge < -0.3 is 5.32 Å². The summed E-state index contributed by atoms with van der Waals surface area (Å²) in [7, 11) is 1.97. The molecule has 1 aliphatic carbocycles. The summed E-state index contributed by atoms with van der Waals surface area (Å²) in [5, 5.41) is 8.72. The van der Waals surface area contributed by atoms with Gasteiger partial charge in [0.2, 0.25) is 0 Å². The Labute approximate surface area is 102 Å². The minimum absolute atomic E-state index is 0.745. The smallest absolute Gasteiger partial charge is 0.0522 e. The molecule has 0 amide bonds. The fourth-order valence-corrected chi connectivity index (χ4v) is 3.16. The topological polar surface area (TPSA) is 29.9 Å². The second-order valence-corrected chi connectivity index (χ2v) is 5.73. The third kappa shape index (κ3) is 3.25. The van der Waals surface area contributed by atoms with Gasteiger partial charge in [0.15, 0.2) is 0 Å². The number of aryl methyl sites for hydroxylation is 1. The van der Waals surface area contributed by atoms with Crippen molar-refractivity contribution in [2.75, 3.05) is 12.8 Å². The molecular weight excluding hydrogens is 218 g/mol. The highest BCUT2D eigenvalue weighted by Gasteiger charge is 2.22. The number of aromatic nitrogens is 2. The van der Waals surface area contributed by atoms with E-state index in [4.69, 9.17) is 0 Å². The van der Waals surface area contributed by atoms with E-state index in [-0.39, 0.29) is 0 Å². The third-order valence-corrected chi connectivity index (χ3v) is 4.42. The quantitative estimate of drug-likeness (QED) is 0.850. The van der Waals surface area contributed by atoms with Crippen LogP contribution in [0.25, 0.3) is 0 Å². The minimum atomic E-state index is 0.745. The van der Waals surface area contributed by atoms with Crippen LogP contribution in [0.4, 0.5) is 0 Å². The molecule has 2 atom stereocenters. The maximum atomic E-state index is 4.18. The van der Waals surface area contributed by atoms with Gasteiger partial charge in [-0.2, -0.15) is 16.9 Å². The van der Waals surface area contributed by atoms with E-state index in [2.05, 4.69) is 22.9 Å². The SMILES string of the molecule is CSC1CCC(NCCc2cnn(C)c2)C1. The third-order valence-electron chi connectivity index (χ3n) is 3.32. The first-order chi connectivity index (χ1) is 7.78. The Kier molecular flexibility index (Phi) is 4.29. The van der Waals surface area contributed by atoms with Gasteiger partial charge in [-0.05, 0) is 44.0 Å². The molecule has 0 radical (unpaired) electrons. The van der Waals surface area contributed by atoms with Crippen molar-refractivity contribution in [2.45, 2.75) is 37.0 Å².